The zero-order valence-electron chi connectivity index (χ0n) is 11.3. The van der Waals surface area contributed by atoms with E-state index in [1.54, 1.807) is 0 Å². The Morgan fingerprint density at radius 3 is 2.84 bits per heavy atom. The predicted octanol–water partition coefficient (Wildman–Crippen LogP) is 1.39. The molecule has 0 bridgehead atoms. The van der Waals surface area contributed by atoms with Gasteiger partial charge in [0, 0.05) is 25.6 Å². The van der Waals surface area contributed by atoms with Crippen molar-refractivity contribution in [2.24, 2.45) is 11.7 Å². The number of piperidine rings is 1. The van der Waals surface area contributed by atoms with E-state index in [0.29, 0.717) is 18.9 Å². The van der Waals surface area contributed by atoms with E-state index in [1.807, 2.05) is 4.90 Å². The second-order valence-corrected chi connectivity index (χ2v) is 5.45. The number of amides is 3. The summed E-state index contributed by atoms with van der Waals surface area (Å²) in [5, 5.41) is 2.62. The van der Waals surface area contributed by atoms with E-state index in [4.69, 9.17) is 5.73 Å². The summed E-state index contributed by atoms with van der Waals surface area (Å²) in [6.07, 6.45) is 10.2. The summed E-state index contributed by atoms with van der Waals surface area (Å²) in [7, 11) is 0. The van der Waals surface area contributed by atoms with Crippen LogP contribution >= 0.6 is 0 Å². The van der Waals surface area contributed by atoms with Crippen molar-refractivity contribution in [2.75, 3.05) is 13.1 Å². The van der Waals surface area contributed by atoms with Crippen molar-refractivity contribution in [1.29, 1.82) is 0 Å². The van der Waals surface area contributed by atoms with Crippen LogP contribution in [0.5, 0.6) is 0 Å². The fourth-order valence-electron chi connectivity index (χ4n) is 2.97. The number of carbonyl (C=O) groups is 2. The number of rotatable bonds is 4. The molecule has 0 aromatic carbocycles. The van der Waals surface area contributed by atoms with Gasteiger partial charge in [-0.1, -0.05) is 12.2 Å². The molecule has 1 fully saturated rings. The maximum Gasteiger partial charge on any atom is 0.312 e. The molecule has 1 aliphatic carbocycles. The highest BCUT2D eigenvalue weighted by Gasteiger charge is 2.28. The van der Waals surface area contributed by atoms with E-state index in [-0.39, 0.29) is 11.9 Å². The van der Waals surface area contributed by atoms with Crippen LogP contribution < -0.4 is 11.1 Å². The molecule has 0 aromatic heterocycles. The van der Waals surface area contributed by atoms with Gasteiger partial charge in [-0.25, -0.2) is 4.79 Å². The van der Waals surface area contributed by atoms with Gasteiger partial charge in [0.1, 0.15) is 0 Å². The standard InChI is InChI=1S/C14H23N3O2/c15-14(19)16-10-12-7-3-4-8-17(12)13(18)9-11-5-1-2-6-11/h1,5,11-12H,2-4,6-10H2,(H3,15,16,19)/t11-,12+/m0/s1. The fourth-order valence-corrected chi connectivity index (χ4v) is 2.97. The van der Waals surface area contributed by atoms with Gasteiger partial charge in [-0.15, -0.1) is 0 Å². The van der Waals surface area contributed by atoms with Gasteiger partial charge in [-0.2, -0.15) is 0 Å². The number of carbonyl (C=O) groups excluding carboxylic acids is 2. The first-order valence-corrected chi connectivity index (χ1v) is 7.16. The molecular weight excluding hydrogens is 242 g/mol. The Morgan fingerprint density at radius 1 is 1.32 bits per heavy atom. The number of allylic oxidation sites excluding steroid dienone is 2. The first-order valence-electron chi connectivity index (χ1n) is 7.16. The molecule has 2 aliphatic rings. The summed E-state index contributed by atoms with van der Waals surface area (Å²) in [5.74, 6) is 0.617. The van der Waals surface area contributed by atoms with E-state index in [1.165, 1.54) is 0 Å². The molecule has 0 unspecified atom stereocenters. The highest BCUT2D eigenvalue weighted by atomic mass is 16.2. The Kier molecular flexibility index (Phi) is 4.82. The number of urea groups is 1. The Balaban J connectivity index is 1.88. The quantitative estimate of drug-likeness (QED) is 0.754. The molecule has 0 aromatic rings. The third-order valence-corrected chi connectivity index (χ3v) is 4.01. The predicted molar refractivity (Wildman–Crippen MR) is 73.4 cm³/mol. The van der Waals surface area contributed by atoms with Gasteiger partial charge < -0.3 is 16.0 Å². The van der Waals surface area contributed by atoms with Crippen molar-refractivity contribution in [2.45, 2.75) is 44.6 Å². The minimum absolute atomic E-state index is 0.110. The normalized spacial score (nSPS) is 26.4. The molecule has 0 spiro atoms. The Hall–Kier alpha value is -1.52. The molecule has 0 radical (unpaired) electrons. The topological polar surface area (TPSA) is 75.4 Å². The second kappa shape index (κ2) is 6.59. The third-order valence-electron chi connectivity index (χ3n) is 4.01. The molecular formula is C14H23N3O2. The summed E-state index contributed by atoms with van der Waals surface area (Å²) in [5.41, 5.74) is 5.10. The van der Waals surface area contributed by atoms with Crippen molar-refractivity contribution in [1.82, 2.24) is 10.2 Å². The van der Waals surface area contributed by atoms with Crippen molar-refractivity contribution >= 4 is 11.9 Å². The van der Waals surface area contributed by atoms with E-state index < -0.39 is 6.03 Å². The minimum atomic E-state index is -0.517. The third kappa shape index (κ3) is 3.98. The fraction of sp³-hybridized carbons (Fsp3) is 0.714. The van der Waals surface area contributed by atoms with Crippen LogP contribution in [0, 0.1) is 5.92 Å². The minimum Gasteiger partial charge on any atom is -0.352 e. The van der Waals surface area contributed by atoms with Gasteiger partial charge >= 0.3 is 6.03 Å². The molecule has 3 amide bonds. The van der Waals surface area contributed by atoms with Crippen LogP contribution in [-0.2, 0) is 4.79 Å². The van der Waals surface area contributed by atoms with Crippen LogP contribution in [0.1, 0.15) is 38.5 Å². The summed E-state index contributed by atoms with van der Waals surface area (Å²) < 4.78 is 0. The van der Waals surface area contributed by atoms with Crippen LogP contribution in [-0.4, -0.2) is 36.0 Å². The second-order valence-electron chi connectivity index (χ2n) is 5.45. The molecule has 1 aliphatic heterocycles. The van der Waals surface area contributed by atoms with Gasteiger partial charge in [0.25, 0.3) is 0 Å². The average Bonchev–Trinajstić information content (AvgIpc) is 2.89. The molecule has 106 valence electrons. The number of nitrogens with one attached hydrogen (secondary N) is 1. The molecule has 19 heavy (non-hydrogen) atoms. The van der Waals surface area contributed by atoms with Crippen LogP contribution in [0.2, 0.25) is 0 Å². The summed E-state index contributed by atoms with van der Waals surface area (Å²) in [6.45, 7) is 1.28. The molecule has 1 saturated heterocycles. The molecule has 1 heterocycles. The van der Waals surface area contributed by atoms with Crippen molar-refractivity contribution < 1.29 is 9.59 Å². The molecule has 0 saturated carbocycles. The number of likely N-dealkylation sites (tertiary alicyclic amines) is 1. The van der Waals surface area contributed by atoms with Crippen molar-refractivity contribution in [3.05, 3.63) is 12.2 Å². The summed E-state index contributed by atoms with van der Waals surface area (Å²) in [6, 6.07) is -0.407. The largest absolute Gasteiger partial charge is 0.352 e. The van der Waals surface area contributed by atoms with Gasteiger partial charge in [-0.05, 0) is 38.0 Å². The Labute approximate surface area is 114 Å². The zero-order chi connectivity index (χ0) is 13.7. The molecule has 5 nitrogen and oxygen atoms in total. The summed E-state index contributed by atoms with van der Waals surface area (Å²) >= 11 is 0. The number of hydrogen-bond acceptors (Lipinski definition) is 2. The van der Waals surface area contributed by atoms with Gasteiger partial charge in [0.05, 0.1) is 0 Å². The van der Waals surface area contributed by atoms with Gasteiger partial charge in [-0.3, -0.25) is 4.79 Å². The zero-order valence-corrected chi connectivity index (χ0v) is 11.3. The monoisotopic (exact) mass is 265 g/mol. The lowest BCUT2D eigenvalue weighted by Gasteiger charge is -2.36. The highest BCUT2D eigenvalue weighted by molar-refractivity contribution is 5.77. The Bertz CT molecular complexity index is 368. The number of primary amides is 1. The average molecular weight is 265 g/mol. The molecule has 2 atom stereocenters. The van der Waals surface area contributed by atoms with Gasteiger partial charge in [0.15, 0.2) is 0 Å². The van der Waals surface area contributed by atoms with E-state index in [0.717, 1.165) is 38.6 Å². The highest BCUT2D eigenvalue weighted by Crippen LogP contribution is 2.24. The van der Waals surface area contributed by atoms with Crippen LogP contribution in [0.15, 0.2) is 12.2 Å². The molecule has 2 rings (SSSR count). The van der Waals surface area contributed by atoms with Gasteiger partial charge in [0.2, 0.25) is 5.91 Å². The van der Waals surface area contributed by atoms with E-state index in [9.17, 15) is 9.59 Å². The smallest absolute Gasteiger partial charge is 0.312 e. The maximum absolute atomic E-state index is 12.4. The molecule has 3 N–H and O–H groups in total. The van der Waals surface area contributed by atoms with E-state index in [2.05, 4.69) is 17.5 Å². The SMILES string of the molecule is NC(=O)NC[C@H]1CCCCN1C(=O)C[C@H]1C=CCC1. The van der Waals surface area contributed by atoms with Crippen LogP contribution in [0.25, 0.3) is 0 Å². The lowest BCUT2D eigenvalue weighted by atomic mass is 9.98. The lowest BCUT2D eigenvalue weighted by molar-refractivity contribution is -0.135. The molecule has 5 heteroatoms. The van der Waals surface area contributed by atoms with Crippen LogP contribution in [0.3, 0.4) is 0 Å². The van der Waals surface area contributed by atoms with E-state index >= 15 is 0 Å². The first kappa shape index (κ1) is 13.9. The first-order chi connectivity index (χ1) is 9.16. The van der Waals surface area contributed by atoms with Crippen molar-refractivity contribution in [3.8, 4) is 0 Å². The number of hydrogen-bond donors (Lipinski definition) is 2. The summed E-state index contributed by atoms with van der Waals surface area (Å²) in [4.78, 5) is 25.1. The van der Waals surface area contributed by atoms with Crippen molar-refractivity contribution in [3.63, 3.8) is 0 Å². The maximum atomic E-state index is 12.4. The number of nitrogens with two attached hydrogens (primary N) is 1. The van der Waals surface area contributed by atoms with Crippen LogP contribution in [0.4, 0.5) is 4.79 Å². The lowest BCUT2D eigenvalue weighted by Crippen LogP contribution is -2.50. The number of nitrogens with zero attached hydrogens (tertiary/aromatic N) is 1. The Morgan fingerprint density at radius 2 is 2.16 bits per heavy atom.